The minimum atomic E-state index is 0.0382. The van der Waals surface area contributed by atoms with Crippen molar-refractivity contribution in [2.24, 2.45) is 0 Å². The van der Waals surface area contributed by atoms with Crippen molar-refractivity contribution in [3.05, 3.63) is 65.5 Å². The van der Waals surface area contributed by atoms with Crippen molar-refractivity contribution < 1.29 is 4.79 Å². The Kier molecular flexibility index (Phi) is 5.02. The maximum Gasteiger partial charge on any atom is 0.220 e. The van der Waals surface area contributed by atoms with E-state index < -0.39 is 0 Å². The number of imidazole rings is 1. The van der Waals surface area contributed by atoms with E-state index in [1.54, 1.807) is 6.20 Å². The number of aromatic nitrogens is 4. The minimum absolute atomic E-state index is 0.0382. The van der Waals surface area contributed by atoms with Crippen LogP contribution in [0.25, 0.3) is 5.69 Å². The minimum Gasteiger partial charge on any atom is -0.352 e. The number of carbonyl (C=O) groups excluding carboxylic acids is 1. The molecule has 0 unspecified atom stereocenters. The quantitative estimate of drug-likeness (QED) is 0.698. The van der Waals surface area contributed by atoms with E-state index in [4.69, 9.17) is 0 Å². The second-order valence-electron chi connectivity index (χ2n) is 6.78. The van der Waals surface area contributed by atoms with Crippen LogP contribution >= 0.6 is 0 Å². The fraction of sp³-hybridized carbons (Fsp3) is 0.350. The van der Waals surface area contributed by atoms with Crippen molar-refractivity contribution in [3.63, 3.8) is 0 Å². The summed E-state index contributed by atoms with van der Waals surface area (Å²) in [6, 6.07) is 10.2. The van der Waals surface area contributed by atoms with Crippen LogP contribution in [0.3, 0.4) is 0 Å². The molecule has 0 aliphatic carbocycles. The molecular formula is C20H24N6O. The van der Waals surface area contributed by atoms with Gasteiger partial charge >= 0.3 is 0 Å². The molecule has 7 nitrogen and oxygen atoms in total. The molecule has 0 spiro atoms. The second-order valence-corrected chi connectivity index (χ2v) is 6.78. The van der Waals surface area contributed by atoms with E-state index >= 15 is 0 Å². The number of benzene rings is 1. The van der Waals surface area contributed by atoms with Crippen LogP contribution < -0.4 is 10.6 Å². The zero-order chi connectivity index (χ0) is 18.6. The molecule has 1 aliphatic heterocycles. The molecule has 1 aromatic carbocycles. The highest BCUT2D eigenvalue weighted by Crippen LogP contribution is 2.16. The van der Waals surface area contributed by atoms with Crippen molar-refractivity contribution in [2.75, 3.05) is 6.54 Å². The molecule has 0 saturated heterocycles. The third-order valence-electron chi connectivity index (χ3n) is 4.88. The number of carbonyl (C=O) groups is 1. The predicted molar refractivity (Wildman–Crippen MR) is 102 cm³/mol. The van der Waals surface area contributed by atoms with Crippen LogP contribution in [0.4, 0.5) is 0 Å². The smallest absolute Gasteiger partial charge is 0.220 e. The van der Waals surface area contributed by atoms with Crippen LogP contribution in [0.5, 0.6) is 0 Å². The highest BCUT2D eigenvalue weighted by molar-refractivity contribution is 5.76. The van der Waals surface area contributed by atoms with Gasteiger partial charge in [-0.3, -0.25) is 9.48 Å². The Labute approximate surface area is 158 Å². The molecule has 3 heterocycles. The van der Waals surface area contributed by atoms with E-state index in [1.165, 1.54) is 5.69 Å². The van der Waals surface area contributed by atoms with E-state index in [9.17, 15) is 4.79 Å². The van der Waals surface area contributed by atoms with Crippen molar-refractivity contribution in [2.45, 2.75) is 39.4 Å². The summed E-state index contributed by atoms with van der Waals surface area (Å²) >= 11 is 0. The number of nitrogens with zero attached hydrogens (tertiary/aromatic N) is 4. The van der Waals surface area contributed by atoms with Gasteiger partial charge in [-0.05, 0) is 24.6 Å². The topological polar surface area (TPSA) is 76.8 Å². The molecule has 0 radical (unpaired) electrons. The molecule has 0 atom stereocenters. The Morgan fingerprint density at radius 3 is 3.04 bits per heavy atom. The summed E-state index contributed by atoms with van der Waals surface area (Å²) in [6.07, 6.45) is 4.82. The van der Waals surface area contributed by atoms with E-state index in [2.05, 4.69) is 26.8 Å². The van der Waals surface area contributed by atoms with Crippen LogP contribution in [0.2, 0.25) is 0 Å². The normalized spacial score (nSPS) is 13.4. The van der Waals surface area contributed by atoms with Crippen LogP contribution in [-0.2, 0) is 30.8 Å². The van der Waals surface area contributed by atoms with Gasteiger partial charge in [-0.1, -0.05) is 18.2 Å². The van der Waals surface area contributed by atoms with Gasteiger partial charge in [0, 0.05) is 44.9 Å². The fourth-order valence-electron chi connectivity index (χ4n) is 3.43. The molecule has 3 aromatic rings. The number of hydrogen-bond acceptors (Lipinski definition) is 4. The monoisotopic (exact) mass is 364 g/mol. The molecule has 0 saturated carbocycles. The molecule has 2 aromatic heterocycles. The van der Waals surface area contributed by atoms with Gasteiger partial charge < -0.3 is 15.2 Å². The number of nitrogens with one attached hydrogen (secondary N) is 2. The Bertz CT molecular complexity index is 918. The van der Waals surface area contributed by atoms with Crippen LogP contribution in [-0.4, -0.2) is 31.8 Å². The first-order valence-electron chi connectivity index (χ1n) is 9.32. The third-order valence-corrected chi connectivity index (χ3v) is 4.88. The Morgan fingerprint density at radius 2 is 2.22 bits per heavy atom. The van der Waals surface area contributed by atoms with Gasteiger partial charge in [0.15, 0.2) is 0 Å². The van der Waals surface area contributed by atoms with Crippen molar-refractivity contribution >= 4 is 5.91 Å². The van der Waals surface area contributed by atoms with Gasteiger partial charge in [0.25, 0.3) is 0 Å². The van der Waals surface area contributed by atoms with Gasteiger partial charge in [0.05, 0.1) is 23.6 Å². The number of para-hydroxylation sites is 1. The Balaban J connectivity index is 1.35. The van der Waals surface area contributed by atoms with Gasteiger partial charge in [0.1, 0.15) is 5.82 Å². The number of rotatable bonds is 6. The summed E-state index contributed by atoms with van der Waals surface area (Å²) in [5, 5.41) is 10.9. The average Bonchev–Trinajstić information content (AvgIpc) is 3.30. The van der Waals surface area contributed by atoms with Crippen molar-refractivity contribution in [1.82, 2.24) is 30.0 Å². The summed E-state index contributed by atoms with van der Waals surface area (Å²) < 4.78 is 4.07. The molecule has 0 bridgehead atoms. The first-order valence-corrected chi connectivity index (χ1v) is 9.32. The molecule has 7 heteroatoms. The Hall–Kier alpha value is -2.93. The average molecular weight is 364 g/mol. The zero-order valence-corrected chi connectivity index (χ0v) is 15.5. The lowest BCUT2D eigenvalue weighted by Gasteiger charge is -2.13. The highest BCUT2D eigenvalue weighted by atomic mass is 16.1. The second kappa shape index (κ2) is 7.75. The largest absolute Gasteiger partial charge is 0.352 e. The van der Waals surface area contributed by atoms with Crippen LogP contribution in [0.1, 0.15) is 29.2 Å². The summed E-state index contributed by atoms with van der Waals surface area (Å²) in [5.41, 5.74) is 4.29. The number of hydrogen-bond donors (Lipinski definition) is 2. The molecule has 1 aliphatic rings. The number of aryl methyl sites for hydroxylation is 2. The molecule has 1 amide bonds. The van der Waals surface area contributed by atoms with Crippen molar-refractivity contribution in [1.29, 1.82) is 0 Å². The van der Waals surface area contributed by atoms with Gasteiger partial charge in [0.2, 0.25) is 5.91 Å². The first kappa shape index (κ1) is 17.5. The molecule has 4 rings (SSSR count). The predicted octanol–water partition coefficient (Wildman–Crippen LogP) is 1.73. The van der Waals surface area contributed by atoms with Crippen molar-refractivity contribution in [3.8, 4) is 5.69 Å². The van der Waals surface area contributed by atoms with E-state index in [-0.39, 0.29) is 5.91 Å². The standard InChI is InChI=1S/C20H24N6O/c1-15-22-9-10-25(15)19-5-3-2-4-16(19)13-23-20(27)7-6-17-12-18-14-21-8-11-26(18)24-17/h2-5,9-10,12,21H,6-8,11,13-14H2,1H3,(H,23,27). The summed E-state index contributed by atoms with van der Waals surface area (Å²) in [4.78, 5) is 16.6. The lowest BCUT2D eigenvalue weighted by molar-refractivity contribution is -0.121. The molecule has 27 heavy (non-hydrogen) atoms. The zero-order valence-electron chi connectivity index (χ0n) is 15.5. The van der Waals surface area contributed by atoms with Crippen LogP contribution in [0.15, 0.2) is 42.7 Å². The summed E-state index contributed by atoms with van der Waals surface area (Å²) in [5.74, 6) is 0.961. The first-order chi connectivity index (χ1) is 13.2. The SMILES string of the molecule is Cc1nccn1-c1ccccc1CNC(=O)CCc1cc2n(n1)CCNC2. The summed E-state index contributed by atoms with van der Waals surface area (Å²) in [6.45, 7) is 5.16. The van der Waals surface area contributed by atoms with Gasteiger partial charge in [-0.25, -0.2) is 4.98 Å². The number of fused-ring (bicyclic) bond motifs is 1. The molecule has 140 valence electrons. The number of amides is 1. The van der Waals surface area contributed by atoms with E-state index in [0.717, 1.165) is 42.4 Å². The fourth-order valence-corrected chi connectivity index (χ4v) is 3.43. The summed E-state index contributed by atoms with van der Waals surface area (Å²) in [7, 11) is 0. The highest BCUT2D eigenvalue weighted by Gasteiger charge is 2.13. The molecule has 2 N–H and O–H groups in total. The molecule has 0 fully saturated rings. The van der Waals surface area contributed by atoms with E-state index in [1.807, 2.05) is 46.6 Å². The maximum atomic E-state index is 12.3. The lowest BCUT2D eigenvalue weighted by atomic mass is 10.1. The Morgan fingerprint density at radius 1 is 1.33 bits per heavy atom. The lowest BCUT2D eigenvalue weighted by Crippen LogP contribution is -2.28. The van der Waals surface area contributed by atoms with Gasteiger partial charge in [-0.2, -0.15) is 5.10 Å². The van der Waals surface area contributed by atoms with Gasteiger partial charge in [-0.15, -0.1) is 0 Å². The third kappa shape index (κ3) is 3.93. The maximum absolute atomic E-state index is 12.3. The van der Waals surface area contributed by atoms with Crippen LogP contribution in [0, 0.1) is 6.92 Å². The molecular weight excluding hydrogens is 340 g/mol. The van der Waals surface area contributed by atoms with E-state index in [0.29, 0.717) is 19.4 Å².